The van der Waals surface area contributed by atoms with E-state index in [1.165, 1.54) is 9.80 Å². The maximum Gasteiger partial charge on any atom is 0.322 e. The summed E-state index contributed by atoms with van der Waals surface area (Å²) in [4.78, 5) is 40.9. The molecule has 2 heterocycles. The minimum Gasteiger partial charge on any atom is -0.492 e. The van der Waals surface area contributed by atoms with E-state index in [1.54, 1.807) is 31.3 Å². The van der Waals surface area contributed by atoms with Crippen LogP contribution in [0.5, 0.6) is 5.75 Å². The average Bonchev–Trinajstić information content (AvgIpc) is 3.11. The molecule has 0 radical (unpaired) electrons. The van der Waals surface area contributed by atoms with Crippen LogP contribution in [0.25, 0.3) is 0 Å². The molecule has 4 rings (SSSR count). The molecule has 0 bridgehead atoms. The molecule has 8 nitrogen and oxygen atoms in total. The Bertz CT molecular complexity index is 1070. The van der Waals surface area contributed by atoms with Gasteiger partial charge < -0.3 is 20.3 Å². The minimum absolute atomic E-state index is 0.117. The SMILES string of the molecule is CN1C(=O)NC(c2ccccc2Cl)C2=C1CN(CC(=O)NCCOc1ccccc1)C2=O. The lowest BCUT2D eigenvalue weighted by molar-refractivity contribution is -0.131. The second kappa shape index (κ2) is 9.32. The number of rotatable bonds is 7. The Morgan fingerprint density at radius 3 is 2.62 bits per heavy atom. The van der Waals surface area contributed by atoms with E-state index in [9.17, 15) is 14.4 Å². The Balaban J connectivity index is 1.39. The van der Waals surface area contributed by atoms with E-state index in [2.05, 4.69) is 10.6 Å². The quantitative estimate of drug-likeness (QED) is 0.628. The van der Waals surface area contributed by atoms with Crippen LogP contribution in [0.3, 0.4) is 0 Å². The lowest BCUT2D eigenvalue weighted by atomic mass is 9.96. The zero-order valence-electron chi connectivity index (χ0n) is 17.5. The van der Waals surface area contributed by atoms with E-state index in [-0.39, 0.29) is 30.9 Å². The van der Waals surface area contributed by atoms with Gasteiger partial charge in [-0.1, -0.05) is 48.0 Å². The summed E-state index contributed by atoms with van der Waals surface area (Å²) in [5.74, 6) is 0.123. The molecule has 4 amide bonds. The summed E-state index contributed by atoms with van der Waals surface area (Å²) in [6, 6.07) is 15.4. The van der Waals surface area contributed by atoms with Crippen LogP contribution in [-0.2, 0) is 9.59 Å². The molecule has 2 aromatic rings. The van der Waals surface area contributed by atoms with Crippen molar-refractivity contribution in [2.75, 3.05) is 33.3 Å². The van der Waals surface area contributed by atoms with Gasteiger partial charge in [0.15, 0.2) is 0 Å². The van der Waals surface area contributed by atoms with Gasteiger partial charge in [0.05, 0.1) is 30.4 Å². The van der Waals surface area contributed by atoms with Gasteiger partial charge in [-0.15, -0.1) is 0 Å². The van der Waals surface area contributed by atoms with Gasteiger partial charge in [0, 0.05) is 12.1 Å². The first-order valence-corrected chi connectivity index (χ1v) is 10.6. The number of halogens is 1. The van der Waals surface area contributed by atoms with Gasteiger partial charge in [-0.25, -0.2) is 4.79 Å². The number of hydrogen-bond donors (Lipinski definition) is 2. The molecule has 0 aromatic heterocycles. The van der Waals surface area contributed by atoms with Gasteiger partial charge in [0.25, 0.3) is 5.91 Å². The van der Waals surface area contributed by atoms with E-state index in [0.717, 1.165) is 5.75 Å². The lowest BCUT2D eigenvalue weighted by Gasteiger charge is -2.31. The highest BCUT2D eigenvalue weighted by Crippen LogP contribution is 2.37. The number of para-hydroxylation sites is 1. The molecule has 2 aromatic carbocycles. The number of benzene rings is 2. The van der Waals surface area contributed by atoms with Gasteiger partial charge >= 0.3 is 6.03 Å². The minimum atomic E-state index is -0.665. The van der Waals surface area contributed by atoms with E-state index >= 15 is 0 Å². The van der Waals surface area contributed by atoms with Crippen molar-refractivity contribution in [3.63, 3.8) is 0 Å². The Labute approximate surface area is 190 Å². The van der Waals surface area contributed by atoms with Crippen molar-refractivity contribution in [1.82, 2.24) is 20.4 Å². The van der Waals surface area contributed by atoms with Crippen LogP contribution in [0.4, 0.5) is 4.79 Å². The van der Waals surface area contributed by atoms with Crippen molar-refractivity contribution in [3.05, 3.63) is 76.5 Å². The first kappa shape index (κ1) is 21.7. The zero-order chi connectivity index (χ0) is 22.7. The van der Waals surface area contributed by atoms with Crippen molar-refractivity contribution in [3.8, 4) is 5.75 Å². The Morgan fingerprint density at radius 1 is 1.16 bits per heavy atom. The van der Waals surface area contributed by atoms with Crippen LogP contribution in [0, 0.1) is 0 Å². The molecule has 0 fully saturated rings. The number of nitrogens with one attached hydrogen (secondary N) is 2. The zero-order valence-corrected chi connectivity index (χ0v) is 18.3. The fourth-order valence-electron chi connectivity index (χ4n) is 3.80. The van der Waals surface area contributed by atoms with Crippen LogP contribution >= 0.6 is 11.6 Å². The molecule has 2 aliphatic heterocycles. The fraction of sp³-hybridized carbons (Fsp3) is 0.261. The maximum absolute atomic E-state index is 13.2. The third-order valence-corrected chi connectivity index (χ3v) is 5.77. The highest BCUT2D eigenvalue weighted by atomic mass is 35.5. The van der Waals surface area contributed by atoms with Crippen LogP contribution in [0.15, 0.2) is 65.9 Å². The number of nitrogens with zero attached hydrogens (tertiary/aromatic N) is 2. The number of hydrogen-bond acceptors (Lipinski definition) is 4. The van der Waals surface area contributed by atoms with Crippen LogP contribution in [0.1, 0.15) is 11.6 Å². The molecule has 0 aliphatic carbocycles. The highest BCUT2D eigenvalue weighted by Gasteiger charge is 2.43. The van der Waals surface area contributed by atoms with Crippen molar-refractivity contribution in [1.29, 1.82) is 0 Å². The second-order valence-electron chi connectivity index (χ2n) is 7.50. The summed E-state index contributed by atoms with van der Waals surface area (Å²) in [5, 5.41) is 6.05. The number of likely N-dealkylation sites (N-methyl/N-ethyl adjacent to an activating group) is 1. The van der Waals surface area contributed by atoms with E-state index in [4.69, 9.17) is 16.3 Å². The average molecular weight is 455 g/mol. The third kappa shape index (κ3) is 4.40. The predicted molar refractivity (Wildman–Crippen MR) is 119 cm³/mol. The summed E-state index contributed by atoms with van der Waals surface area (Å²) in [7, 11) is 1.60. The smallest absolute Gasteiger partial charge is 0.322 e. The molecule has 1 unspecified atom stereocenters. The van der Waals surface area contributed by atoms with Gasteiger partial charge in [0.2, 0.25) is 5.91 Å². The van der Waals surface area contributed by atoms with Gasteiger partial charge in [-0.2, -0.15) is 0 Å². The predicted octanol–water partition coefficient (Wildman–Crippen LogP) is 2.33. The molecule has 9 heteroatoms. The lowest BCUT2D eigenvalue weighted by Crippen LogP contribution is -2.45. The highest BCUT2D eigenvalue weighted by molar-refractivity contribution is 6.31. The van der Waals surface area contributed by atoms with Crippen LogP contribution in [0.2, 0.25) is 5.02 Å². The first-order valence-electron chi connectivity index (χ1n) is 10.2. The Hall–Kier alpha value is -3.52. The van der Waals surface area contributed by atoms with E-state index in [1.807, 2.05) is 30.3 Å². The molecule has 0 saturated carbocycles. The van der Waals surface area contributed by atoms with Gasteiger partial charge in [-0.05, 0) is 23.8 Å². The second-order valence-corrected chi connectivity index (χ2v) is 7.90. The molecule has 32 heavy (non-hydrogen) atoms. The Kier molecular flexibility index (Phi) is 6.32. The molecule has 166 valence electrons. The maximum atomic E-state index is 13.2. The number of carbonyl (C=O) groups excluding carboxylic acids is 3. The Morgan fingerprint density at radius 2 is 1.88 bits per heavy atom. The molecular formula is C23H23ClN4O4. The van der Waals surface area contributed by atoms with Crippen molar-refractivity contribution in [2.24, 2.45) is 0 Å². The van der Waals surface area contributed by atoms with Crippen LogP contribution in [-0.4, -0.2) is 60.9 Å². The van der Waals surface area contributed by atoms with E-state index in [0.29, 0.717) is 35.0 Å². The normalized spacial score (nSPS) is 17.9. The molecule has 2 aliphatic rings. The van der Waals surface area contributed by atoms with Crippen molar-refractivity contribution >= 4 is 29.4 Å². The van der Waals surface area contributed by atoms with Crippen molar-refractivity contribution < 1.29 is 19.1 Å². The summed E-state index contributed by atoms with van der Waals surface area (Å²) in [6.07, 6.45) is 0. The number of carbonyl (C=O) groups is 3. The van der Waals surface area contributed by atoms with Crippen molar-refractivity contribution in [2.45, 2.75) is 6.04 Å². The standard InChI is InChI=1S/C23H23ClN4O4/c1-27-18-13-28(14-19(29)25-11-12-32-15-7-3-2-4-8-15)22(30)20(18)21(26-23(27)31)16-9-5-6-10-17(16)24/h2-10,21H,11-14H2,1H3,(H,25,29)(H,26,31). The number of urea groups is 1. The fourth-order valence-corrected chi connectivity index (χ4v) is 4.04. The number of amides is 4. The topological polar surface area (TPSA) is 91.0 Å². The number of ether oxygens (including phenoxy) is 1. The first-order chi connectivity index (χ1) is 15.5. The summed E-state index contributed by atoms with van der Waals surface area (Å²) in [5.41, 5.74) is 1.64. The van der Waals surface area contributed by atoms with Crippen LogP contribution < -0.4 is 15.4 Å². The molecule has 2 N–H and O–H groups in total. The molecular weight excluding hydrogens is 432 g/mol. The monoisotopic (exact) mass is 454 g/mol. The molecule has 0 saturated heterocycles. The summed E-state index contributed by atoms with van der Waals surface area (Å²) >= 11 is 6.33. The molecule has 0 spiro atoms. The van der Waals surface area contributed by atoms with E-state index < -0.39 is 6.04 Å². The summed E-state index contributed by atoms with van der Waals surface area (Å²) < 4.78 is 5.56. The van der Waals surface area contributed by atoms with Gasteiger partial charge in [0.1, 0.15) is 18.9 Å². The third-order valence-electron chi connectivity index (χ3n) is 5.42. The van der Waals surface area contributed by atoms with Gasteiger partial charge in [-0.3, -0.25) is 14.5 Å². The summed E-state index contributed by atoms with van der Waals surface area (Å²) in [6.45, 7) is 0.681. The molecule has 1 atom stereocenters. The largest absolute Gasteiger partial charge is 0.492 e.